The molecule has 1 unspecified atom stereocenters. The molecule has 0 rings (SSSR count). The van der Waals surface area contributed by atoms with E-state index in [2.05, 4.69) is 38.2 Å². The summed E-state index contributed by atoms with van der Waals surface area (Å²) in [4.78, 5) is 20.2. The van der Waals surface area contributed by atoms with E-state index in [4.69, 9.17) is 10.5 Å². The van der Waals surface area contributed by atoms with Gasteiger partial charge in [-0.3, -0.25) is 4.57 Å². The van der Waals surface area contributed by atoms with E-state index in [1.165, 1.54) is 135 Å². The Hall–Kier alpha value is -0.450. The first-order valence-electron chi connectivity index (χ1n) is 19.1. The Kier molecular flexibility index (Phi) is 32.2. The van der Waals surface area contributed by atoms with Crippen LogP contribution in [0.3, 0.4) is 0 Å². The quantitative estimate of drug-likeness (QED) is 0.0364. The van der Waals surface area contributed by atoms with Crippen molar-refractivity contribution in [2.45, 2.75) is 205 Å². The molecule has 0 bridgehead atoms. The topological polar surface area (TPSA) is 92.8 Å². The molecule has 4 N–H and O–H groups in total. The highest BCUT2D eigenvalue weighted by atomic mass is 31.2. The van der Waals surface area contributed by atoms with Crippen molar-refractivity contribution < 1.29 is 19.1 Å². The molecule has 5 nitrogen and oxygen atoms in total. The van der Waals surface area contributed by atoms with Gasteiger partial charge in [-0.15, -0.1) is 0 Å². The molecule has 44 heavy (non-hydrogen) atoms. The SMILES string of the molecule is CCCCCCCCC=CCCCCCCCCOC(CN)(CCCCCCCCC=CCCCCCCCC)P(=O)(O)O. The van der Waals surface area contributed by atoms with E-state index < -0.39 is 12.9 Å². The molecule has 0 amide bonds. The maximum atomic E-state index is 12.4. The summed E-state index contributed by atoms with van der Waals surface area (Å²) in [6.45, 7) is 4.77. The highest BCUT2D eigenvalue weighted by Crippen LogP contribution is 2.53. The van der Waals surface area contributed by atoms with Gasteiger partial charge < -0.3 is 20.3 Å². The van der Waals surface area contributed by atoms with Gasteiger partial charge in [-0.1, -0.05) is 154 Å². The standard InChI is InChI=1S/C38H76NO4P/c1-3-5-7-9-11-13-15-17-19-21-23-25-27-29-31-33-35-38(37-39,44(40,41)42)43-36-34-32-30-28-26-24-22-20-18-16-14-12-10-8-6-4-2/h17-20H,3-16,21-37,39H2,1-2H3,(H2,40,41,42). The molecule has 0 aliphatic rings. The molecule has 0 fully saturated rings. The molecular formula is C38H76NO4P. The van der Waals surface area contributed by atoms with Gasteiger partial charge in [0.05, 0.1) is 0 Å². The fourth-order valence-electron chi connectivity index (χ4n) is 5.84. The van der Waals surface area contributed by atoms with E-state index in [1.54, 1.807) is 0 Å². The molecule has 0 aromatic rings. The Bertz CT molecular complexity index is 692. The van der Waals surface area contributed by atoms with Crippen molar-refractivity contribution in [2.75, 3.05) is 13.2 Å². The molecule has 1 atom stereocenters. The van der Waals surface area contributed by atoms with Crippen molar-refractivity contribution in [1.82, 2.24) is 0 Å². The largest absolute Gasteiger partial charge is 0.361 e. The average molecular weight is 642 g/mol. The van der Waals surface area contributed by atoms with Gasteiger partial charge in [0, 0.05) is 13.2 Å². The van der Waals surface area contributed by atoms with Crippen LogP contribution in [0.15, 0.2) is 24.3 Å². The lowest BCUT2D eigenvalue weighted by molar-refractivity contribution is -0.00432. The zero-order valence-corrected chi connectivity index (χ0v) is 30.4. The van der Waals surface area contributed by atoms with Crippen LogP contribution in [-0.2, 0) is 9.30 Å². The molecule has 0 aliphatic heterocycles. The van der Waals surface area contributed by atoms with Gasteiger partial charge in [0.25, 0.3) is 0 Å². The van der Waals surface area contributed by atoms with E-state index in [1.807, 2.05) is 0 Å². The summed E-state index contributed by atoms with van der Waals surface area (Å²) in [5.41, 5.74) is 5.90. The van der Waals surface area contributed by atoms with Crippen LogP contribution < -0.4 is 5.73 Å². The zero-order valence-electron chi connectivity index (χ0n) is 29.5. The van der Waals surface area contributed by atoms with E-state index in [9.17, 15) is 14.4 Å². The first-order valence-corrected chi connectivity index (χ1v) is 20.7. The Labute approximate surface area is 274 Å². The van der Waals surface area contributed by atoms with Gasteiger partial charge in [0.15, 0.2) is 5.34 Å². The summed E-state index contributed by atoms with van der Waals surface area (Å²) in [5, 5.41) is -1.52. The predicted molar refractivity (Wildman–Crippen MR) is 193 cm³/mol. The third-order valence-corrected chi connectivity index (χ3v) is 10.6. The summed E-state index contributed by atoms with van der Waals surface area (Å²) in [6, 6.07) is 0. The Morgan fingerprint density at radius 1 is 0.523 bits per heavy atom. The van der Waals surface area contributed by atoms with Crippen LogP contribution in [0.1, 0.15) is 200 Å². The van der Waals surface area contributed by atoms with Gasteiger partial charge in [0.1, 0.15) is 0 Å². The third kappa shape index (κ3) is 26.7. The number of rotatable bonds is 35. The summed E-state index contributed by atoms with van der Waals surface area (Å²) in [5.74, 6) is 0. The molecule has 0 radical (unpaired) electrons. The minimum Gasteiger partial charge on any atom is -0.361 e. The Balaban J connectivity index is 3.84. The molecule has 6 heteroatoms. The van der Waals surface area contributed by atoms with Crippen molar-refractivity contribution in [3.05, 3.63) is 24.3 Å². The van der Waals surface area contributed by atoms with Gasteiger partial charge in [-0.25, -0.2) is 0 Å². The van der Waals surface area contributed by atoms with Crippen molar-refractivity contribution in [2.24, 2.45) is 5.73 Å². The van der Waals surface area contributed by atoms with Crippen LogP contribution in [0.25, 0.3) is 0 Å². The summed E-state index contributed by atoms with van der Waals surface area (Å²) < 4.78 is 18.2. The molecule has 0 aromatic heterocycles. The van der Waals surface area contributed by atoms with Crippen molar-refractivity contribution >= 4 is 7.60 Å². The van der Waals surface area contributed by atoms with E-state index >= 15 is 0 Å². The van der Waals surface area contributed by atoms with Crippen LogP contribution in [-0.4, -0.2) is 28.3 Å². The van der Waals surface area contributed by atoms with Gasteiger partial charge in [-0.05, 0) is 70.6 Å². The fraction of sp³-hybridized carbons (Fsp3) is 0.895. The van der Waals surface area contributed by atoms with Crippen LogP contribution in [0, 0.1) is 0 Å². The molecule has 0 heterocycles. The summed E-state index contributed by atoms with van der Waals surface area (Å²) in [7, 11) is -4.45. The third-order valence-electron chi connectivity index (χ3n) is 8.96. The molecule has 0 spiro atoms. The second-order valence-corrected chi connectivity index (χ2v) is 15.1. The minimum absolute atomic E-state index is 0.130. The number of hydrogen-bond donors (Lipinski definition) is 3. The number of hydrogen-bond acceptors (Lipinski definition) is 3. The smallest absolute Gasteiger partial charge is 0.358 e. The predicted octanol–water partition coefficient (Wildman–Crippen LogP) is 12.3. The van der Waals surface area contributed by atoms with Gasteiger partial charge in [-0.2, -0.15) is 0 Å². The molecule has 0 saturated heterocycles. The fourth-order valence-corrected chi connectivity index (χ4v) is 6.79. The Morgan fingerprint density at radius 3 is 1.18 bits per heavy atom. The molecule has 0 aliphatic carbocycles. The summed E-state index contributed by atoms with van der Waals surface area (Å²) in [6.07, 6.45) is 43.9. The average Bonchev–Trinajstić information content (AvgIpc) is 3.00. The monoisotopic (exact) mass is 642 g/mol. The zero-order chi connectivity index (χ0) is 32.5. The van der Waals surface area contributed by atoms with Crippen molar-refractivity contribution in [3.8, 4) is 0 Å². The Morgan fingerprint density at radius 2 is 0.841 bits per heavy atom. The van der Waals surface area contributed by atoms with E-state index in [0.717, 1.165) is 44.9 Å². The lowest BCUT2D eigenvalue weighted by Gasteiger charge is -2.33. The number of nitrogens with two attached hydrogens (primary N) is 1. The number of allylic oxidation sites excluding steroid dienone is 4. The lowest BCUT2D eigenvalue weighted by Crippen LogP contribution is -2.41. The second-order valence-electron chi connectivity index (χ2n) is 13.2. The van der Waals surface area contributed by atoms with Gasteiger partial charge >= 0.3 is 7.60 Å². The maximum absolute atomic E-state index is 12.4. The molecule has 0 saturated carbocycles. The van der Waals surface area contributed by atoms with Crippen molar-refractivity contribution in [3.63, 3.8) is 0 Å². The lowest BCUT2D eigenvalue weighted by atomic mass is 10.1. The molecule has 262 valence electrons. The first kappa shape index (κ1) is 43.5. The van der Waals surface area contributed by atoms with Crippen LogP contribution in [0.5, 0.6) is 0 Å². The van der Waals surface area contributed by atoms with E-state index in [0.29, 0.717) is 13.0 Å². The van der Waals surface area contributed by atoms with Gasteiger partial charge in [0.2, 0.25) is 0 Å². The summed E-state index contributed by atoms with van der Waals surface area (Å²) >= 11 is 0. The normalized spacial score (nSPS) is 13.8. The van der Waals surface area contributed by atoms with Crippen LogP contribution in [0.2, 0.25) is 0 Å². The van der Waals surface area contributed by atoms with Crippen molar-refractivity contribution in [1.29, 1.82) is 0 Å². The van der Waals surface area contributed by atoms with Crippen LogP contribution >= 0.6 is 7.60 Å². The van der Waals surface area contributed by atoms with Crippen LogP contribution in [0.4, 0.5) is 0 Å². The molecular weight excluding hydrogens is 565 g/mol. The minimum atomic E-state index is -4.45. The first-order chi connectivity index (χ1) is 21.4. The highest BCUT2D eigenvalue weighted by molar-refractivity contribution is 7.53. The second kappa shape index (κ2) is 32.5. The number of ether oxygens (including phenoxy) is 1. The molecule has 0 aromatic carbocycles. The highest BCUT2D eigenvalue weighted by Gasteiger charge is 2.46. The number of unbranched alkanes of at least 4 members (excludes halogenated alkanes) is 24. The van der Waals surface area contributed by atoms with E-state index in [-0.39, 0.29) is 6.54 Å². The maximum Gasteiger partial charge on any atom is 0.358 e.